The largest absolute Gasteiger partial charge is 0.464 e. The lowest BCUT2D eigenvalue weighted by molar-refractivity contribution is -0.148. The predicted octanol–water partition coefficient (Wildman–Crippen LogP) is 3.43. The van der Waals surface area contributed by atoms with E-state index in [0.717, 1.165) is 19.3 Å². The first kappa shape index (κ1) is 17.9. The van der Waals surface area contributed by atoms with E-state index in [1.807, 2.05) is 18.2 Å². The monoisotopic (exact) mass is 335 g/mol. The van der Waals surface area contributed by atoms with E-state index in [1.165, 1.54) is 5.56 Å². The summed E-state index contributed by atoms with van der Waals surface area (Å²) in [5.74, 6) is 0.335. The van der Waals surface area contributed by atoms with Crippen molar-refractivity contribution < 1.29 is 14.3 Å². The van der Waals surface area contributed by atoms with Crippen molar-refractivity contribution in [3.05, 3.63) is 35.9 Å². The summed E-state index contributed by atoms with van der Waals surface area (Å²) < 4.78 is 5.25. The number of amides is 1. The van der Waals surface area contributed by atoms with Gasteiger partial charge in [0.05, 0.1) is 17.7 Å². The Morgan fingerprint density at radius 2 is 2.09 bits per heavy atom. The molecule has 2 rings (SSSR count). The number of carbonyl (C=O) groups excluding carboxylic acids is 2. The molecule has 1 aromatic carbocycles. The summed E-state index contributed by atoms with van der Waals surface area (Å²) in [5, 5.41) is -0.00640. The van der Waals surface area contributed by atoms with Crippen LogP contribution in [-0.2, 0) is 14.3 Å². The summed E-state index contributed by atoms with van der Waals surface area (Å²) in [4.78, 5) is 25.8. The van der Waals surface area contributed by atoms with E-state index >= 15 is 0 Å². The molecule has 1 fully saturated rings. The van der Waals surface area contributed by atoms with Crippen molar-refractivity contribution in [1.29, 1.82) is 0 Å². The SMILES string of the molecule is CCCCCOC(=O)CN1C(=O)CSC1C(C)c1ccccc1. The molecule has 0 spiro atoms. The summed E-state index contributed by atoms with van der Waals surface area (Å²) in [6.45, 7) is 4.71. The van der Waals surface area contributed by atoms with Crippen molar-refractivity contribution in [3.8, 4) is 0 Å². The smallest absolute Gasteiger partial charge is 0.325 e. The Morgan fingerprint density at radius 3 is 2.78 bits per heavy atom. The van der Waals surface area contributed by atoms with E-state index < -0.39 is 0 Å². The van der Waals surface area contributed by atoms with Crippen LogP contribution in [0.5, 0.6) is 0 Å². The van der Waals surface area contributed by atoms with Gasteiger partial charge >= 0.3 is 5.97 Å². The number of unbranched alkanes of at least 4 members (excludes halogenated alkanes) is 2. The molecule has 126 valence electrons. The topological polar surface area (TPSA) is 46.6 Å². The highest BCUT2D eigenvalue weighted by atomic mass is 32.2. The second kappa shape index (κ2) is 8.96. The maximum atomic E-state index is 12.1. The fraction of sp³-hybridized carbons (Fsp3) is 0.556. The zero-order valence-electron chi connectivity index (χ0n) is 13.9. The summed E-state index contributed by atoms with van der Waals surface area (Å²) in [7, 11) is 0. The van der Waals surface area contributed by atoms with E-state index in [2.05, 4.69) is 26.0 Å². The van der Waals surface area contributed by atoms with Gasteiger partial charge in [0.15, 0.2) is 0 Å². The Hall–Kier alpha value is -1.49. The standard InChI is InChI=1S/C18H25NO3S/c1-3-4-8-11-22-17(21)12-19-16(20)13-23-18(19)14(2)15-9-6-5-7-10-15/h5-7,9-10,14,18H,3-4,8,11-13H2,1-2H3. The summed E-state index contributed by atoms with van der Waals surface area (Å²) in [5.41, 5.74) is 1.18. The molecule has 0 aliphatic carbocycles. The minimum absolute atomic E-state index is 0.00640. The zero-order valence-corrected chi connectivity index (χ0v) is 14.7. The molecule has 0 N–H and O–H groups in total. The van der Waals surface area contributed by atoms with Crippen LogP contribution in [0.25, 0.3) is 0 Å². The number of esters is 1. The Balaban J connectivity index is 1.93. The highest BCUT2D eigenvalue weighted by molar-refractivity contribution is 8.01. The van der Waals surface area contributed by atoms with Crippen molar-refractivity contribution in [3.63, 3.8) is 0 Å². The van der Waals surface area contributed by atoms with Gasteiger partial charge in [0, 0.05) is 5.92 Å². The third-order valence-corrected chi connectivity index (χ3v) is 5.49. The van der Waals surface area contributed by atoms with E-state index in [1.54, 1.807) is 16.7 Å². The van der Waals surface area contributed by atoms with Crippen LogP contribution in [0.4, 0.5) is 0 Å². The lowest BCUT2D eigenvalue weighted by atomic mass is 10.0. The van der Waals surface area contributed by atoms with E-state index in [0.29, 0.717) is 12.4 Å². The maximum absolute atomic E-state index is 12.1. The highest BCUT2D eigenvalue weighted by Gasteiger charge is 2.37. The zero-order chi connectivity index (χ0) is 16.7. The summed E-state index contributed by atoms with van der Waals surface area (Å²) in [6, 6.07) is 10.1. The minimum atomic E-state index is -0.304. The molecule has 1 saturated heterocycles. The minimum Gasteiger partial charge on any atom is -0.464 e. The van der Waals surface area contributed by atoms with E-state index in [4.69, 9.17) is 4.74 Å². The number of nitrogens with zero attached hydrogens (tertiary/aromatic N) is 1. The third kappa shape index (κ3) is 4.99. The van der Waals surface area contributed by atoms with Gasteiger partial charge in [-0.05, 0) is 12.0 Å². The first-order chi connectivity index (χ1) is 11.1. The Kier molecular flexibility index (Phi) is 6.96. The molecule has 1 aliphatic rings. The van der Waals surface area contributed by atoms with Crippen molar-refractivity contribution in [2.45, 2.75) is 44.4 Å². The van der Waals surface area contributed by atoms with Crippen LogP contribution in [0, 0.1) is 0 Å². The molecule has 1 amide bonds. The van der Waals surface area contributed by atoms with Crippen molar-refractivity contribution in [2.24, 2.45) is 0 Å². The molecular formula is C18H25NO3S. The van der Waals surface area contributed by atoms with Gasteiger partial charge in [-0.3, -0.25) is 9.59 Å². The number of thioether (sulfide) groups is 1. The number of ether oxygens (including phenoxy) is 1. The average molecular weight is 335 g/mol. The van der Waals surface area contributed by atoms with E-state index in [9.17, 15) is 9.59 Å². The highest BCUT2D eigenvalue weighted by Crippen LogP contribution is 2.35. The second-order valence-corrected chi connectivity index (χ2v) is 6.96. The van der Waals surface area contributed by atoms with Gasteiger partial charge in [0.25, 0.3) is 0 Å². The van der Waals surface area contributed by atoms with Gasteiger partial charge in [-0.2, -0.15) is 0 Å². The van der Waals surface area contributed by atoms with Gasteiger partial charge in [-0.25, -0.2) is 0 Å². The van der Waals surface area contributed by atoms with Gasteiger partial charge in [-0.1, -0.05) is 57.0 Å². The molecule has 0 radical (unpaired) electrons. The first-order valence-corrected chi connectivity index (χ1v) is 9.30. The van der Waals surface area contributed by atoms with Crippen molar-refractivity contribution in [2.75, 3.05) is 18.9 Å². The molecule has 0 saturated carbocycles. The lowest BCUT2D eigenvalue weighted by Gasteiger charge is -2.28. The fourth-order valence-electron chi connectivity index (χ4n) is 2.71. The quantitative estimate of drug-likeness (QED) is 0.539. The molecule has 2 unspecified atom stereocenters. The molecule has 1 heterocycles. The van der Waals surface area contributed by atoms with Crippen LogP contribution < -0.4 is 0 Å². The number of carbonyl (C=O) groups is 2. The molecule has 4 nitrogen and oxygen atoms in total. The van der Waals surface area contributed by atoms with Crippen molar-refractivity contribution >= 4 is 23.6 Å². The summed E-state index contributed by atoms with van der Waals surface area (Å²) >= 11 is 1.60. The van der Waals surface area contributed by atoms with Crippen LogP contribution >= 0.6 is 11.8 Å². The molecule has 5 heteroatoms. The average Bonchev–Trinajstić information content (AvgIpc) is 2.92. The fourth-order valence-corrected chi connectivity index (χ4v) is 4.00. The van der Waals surface area contributed by atoms with Gasteiger partial charge in [-0.15, -0.1) is 11.8 Å². The molecule has 1 aliphatic heterocycles. The van der Waals surface area contributed by atoms with Crippen LogP contribution in [0.1, 0.15) is 44.6 Å². The van der Waals surface area contributed by atoms with Crippen LogP contribution in [0.15, 0.2) is 30.3 Å². The van der Waals surface area contributed by atoms with Crippen LogP contribution in [0.3, 0.4) is 0 Å². The molecule has 0 bridgehead atoms. The molecule has 0 aromatic heterocycles. The van der Waals surface area contributed by atoms with E-state index in [-0.39, 0.29) is 29.7 Å². The van der Waals surface area contributed by atoms with Crippen LogP contribution in [0.2, 0.25) is 0 Å². The molecule has 23 heavy (non-hydrogen) atoms. The molecular weight excluding hydrogens is 310 g/mol. The number of benzene rings is 1. The molecule has 1 aromatic rings. The maximum Gasteiger partial charge on any atom is 0.325 e. The predicted molar refractivity (Wildman–Crippen MR) is 93.3 cm³/mol. The number of hydrogen-bond donors (Lipinski definition) is 0. The number of rotatable bonds is 8. The number of hydrogen-bond acceptors (Lipinski definition) is 4. The van der Waals surface area contributed by atoms with Gasteiger partial charge in [0.1, 0.15) is 6.54 Å². The normalized spacial score (nSPS) is 19.0. The lowest BCUT2D eigenvalue weighted by Crippen LogP contribution is -2.40. The van der Waals surface area contributed by atoms with Gasteiger partial charge < -0.3 is 9.64 Å². The second-order valence-electron chi connectivity index (χ2n) is 5.85. The third-order valence-electron chi connectivity index (χ3n) is 4.07. The van der Waals surface area contributed by atoms with Crippen molar-refractivity contribution in [1.82, 2.24) is 4.90 Å². The summed E-state index contributed by atoms with van der Waals surface area (Å²) in [6.07, 6.45) is 3.03. The Morgan fingerprint density at radius 1 is 1.35 bits per heavy atom. The Labute approximate surface area is 142 Å². The Bertz CT molecular complexity index is 520. The first-order valence-electron chi connectivity index (χ1n) is 8.25. The van der Waals surface area contributed by atoms with Gasteiger partial charge in [0.2, 0.25) is 5.91 Å². The molecule has 2 atom stereocenters. The van der Waals surface area contributed by atoms with Crippen LogP contribution in [-0.4, -0.2) is 41.1 Å².